The van der Waals surface area contributed by atoms with Gasteiger partial charge in [0, 0.05) is 31.2 Å². The lowest BCUT2D eigenvalue weighted by Crippen LogP contribution is -2.51. The molecule has 122 valence electrons. The van der Waals surface area contributed by atoms with Gasteiger partial charge in [-0.2, -0.15) is 0 Å². The van der Waals surface area contributed by atoms with Crippen molar-refractivity contribution < 1.29 is 4.74 Å². The predicted molar refractivity (Wildman–Crippen MR) is 87.6 cm³/mol. The molecule has 1 aliphatic carbocycles. The Balaban J connectivity index is 1.63. The molecule has 3 rings (SSSR count). The van der Waals surface area contributed by atoms with Gasteiger partial charge >= 0.3 is 0 Å². The summed E-state index contributed by atoms with van der Waals surface area (Å²) in [6.07, 6.45) is 11.4. The van der Waals surface area contributed by atoms with Crippen molar-refractivity contribution in [2.75, 3.05) is 39.4 Å². The Morgan fingerprint density at radius 1 is 1.14 bits per heavy atom. The van der Waals surface area contributed by atoms with Crippen LogP contribution in [0.2, 0.25) is 0 Å². The first-order valence-electron chi connectivity index (χ1n) is 9.35. The van der Waals surface area contributed by atoms with E-state index in [1.54, 1.807) is 0 Å². The van der Waals surface area contributed by atoms with Crippen molar-refractivity contribution >= 4 is 0 Å². The van der Waals surface area contributed by atoms with Crippen molar-refractivity contribution in [3.8, 4) is 0 Å². The van der Waals surface area contributed by atoms with Gasteiger partial charge in [0.05, 0.1) is 6.61 Å². The van der Waals surface area contributed by atoms with Gasteiger partial charge in [0.15, 0.2) is 0 Å². The molecule has 0 amide bonds. The molecule has 1 N–H and O–H groups in total. The molecule has 2 aliphatic heterocycles. The minimum Gasteiger partial charge on any atom is -0.381 e. The fraction of sp³-hybridized carbons (Fsp3) is 1.00. The summed E-state index contributed by atoms with van der Waals surface area (Å²) in [6, 6.07) is 0.882. The molecular formula is C18H34N2O. The number of hydrogen-bond donors (Lipinski definition) is 1. The molecule has 0 bridgehead atoms. The fourth-order valence-electron chi connectivity index (χ4n) is 4.98. The molecule has 3 fully saturated rings. The molecule has 3 nitrogen and oxygen atoms in total. The molecule has 2 saturated heterocycles. The van der Waals surface area contributed by atoms with Gasteiger partial charge in [-0.25, -0.2) is 0 Å². The summed E-state index contributed by atoms with van der Waals surface area (Å²) in [5.41, 5.74) is 0.370. The molecule has 3 aliphatic rings. The highest BCUT2D eigenvalue weighted by atomic mass is 16.5. The van der Waals surface area contributed by atoms with Crippen molar-refractivity contribution in [1.82, 2.24) is 10.2 Å². The van der Waals surface area contributed by atoms with Crippen molar-refractivity contribution in [1.29, 1.82) is 0 Å². The van der Waals surface area contributed by atoms with E-state index in [1.807, 2.05) is 0 Å². The smallest absolute Gasteiger partial charge is 0.0546 e. The van der Waals surface area contributed by atoms with Gasteiger partial charge in [-0.15, -0.1) is 0 Å². The number of rotatable bonds is 6. The zero-order chi connectivity index (χ0) is 14.5. The summed E-state index contributed by atoms with van der Waals surface area (Å²) in [5, 5.41) is 3.61. The Morgan fingerprint density at radius 3 is 2.71 bits per heavy atom. The molecule has 3 heteroatoms. The topological polar surface area (TPSA) is 24.5 Å². The molecule has 21 heavy (non-hydrogen) atoms. The van der Waals surface area contributed by atoms with Gasteiger partial charge in [-0.3, -0.25) is 4.90 Å². The van der Waals surface area contributed by atoms with Crippen LogP contribution in [0.5, 0.6) is 0 Å². The zero-order valence-corrected chi connectivity index (χ0v) is 13.9. The maximum atomic E-state index is 5.89. The number of likely N-dealkylation sites (tertiary alicyclic amines) is 1. The average molecular weight is 294 g/mol. The second-order valence-electron chi connectivity index (χ2n) is 7.66. The molecule has 0 aromatic carbocycles. The van der Waals surface area contributed by atoms with E-state index in [0.29, 0.717) is 5.41 Å². The van der Waals surface area contributed by atoms with E-state index in [-0.39, 0.29) is 0 Å². The average Bonchev–Trinajstić information content (AvgIpc) is 3.17. The zero-order valence-electron chi connectivity index (χ0n) is 13.9. The number of ether oxygens (including phenoxy) is 1. The third-order valence-electron chi connectivity index (χ3n) is 6.05. The number of hydrogen-bond acceptors (Lipinski definition) is 3. The van der Waals surface area contributed by atoms with Gasteiger partial charge in [0.25, 0.3) is 0 Å². The second-order valence-corrected chi connectivity index (χ2v) is 7.66. The van der Waals surface area contributed by atoms with Crippen LogP contribution in [-0.2, 0) is 4.74 Å². The first kappa shape index (κ1) is 15.8. The third kappa shape index (κ3) is 3.80. The first-order chi connectivity index (χ1) is 10.3. The Kier molecular flexibility index (Phi) is 5.58. The normalized spacial score (nSPS) is 35.6. The lowest BCUT2D eigenvalue weighted by Gasteiger charge is -2.42. The van der Waals surface area contributed by atoms with Crippen LogP contribution in [0.1, 0.15) is 58.3 Å². The number of nitrogens with one attached hydrogen (secondary N) is 1. The summed E-state index contributed by atoms with van der Waals surface area (Å²) >= 11 is 0. The fourth-order valence-corrected chi connectivity index (χ4v) is 4.98. The van der Waals surface area contributed by atoms with Gasteiger partial charge in [-0.1, -0.05) is 19.8 Å². The minimum atomic E-state index is 0.370. The summed E-state index contributed by atoms with van der Waals surface area (Å²) in [7, 11) is 0. The van der Waals surface area contributed by atoms with Crippen LogP contribution in [0, 0.1) is 11.3 Å². The third-order valence-corrected chi connectivity index (χ3v) is 6.05. The van der Waals surface area contributed by atoms with Crippen molar-refractivity contribution in [3.05, 3.63) is 0 Å². The molecule has 0 aromatic rings. The molecule has 0 spiro atoms. The summed E-state index contributed by atoms with van der Waals surface area (Å²) in [5.74, 6) is 0.994. The summed E-state index contributed by atoms with van der Waals surface area (Å²) in [6.45, 7) is 8.96. The highest BCUT2D eigenvalue weighted by molar-refractivity contribution is 4.94. The largest absolute Gasteiger partial charge is 0.381 e. The van der Waals surface area contributed by atoms with Gasteiger partial charge < -0.3 is 10.1 Å². The predicted octanol–water partition coefficient (Wildman–Crippen LogP) is 3.05. The molecule has 2 heterocycles. The first-order valence-corrected chi connectivity index (χ1v) is 9.35. The summed E-state index contributed by atoms with van der Waals surface area (Å²) in [4.78, 5) is 2.85. The van der Waals surface area contributed by atoms with Crippen LogP contribution in [0.4, 0.5) is 0 Å². The second kappa shape index (κ2) is 7.43. The van der Waals surface area contributed by atoms with Crippen LogP contribution in [-0.4, -0.2) is 50.3 Å². The minimum absolute atomic E-state index is 0.370. The molecular weight excluding hydrogens is 260 g/mol. The van der Waals surface area contributed by atoms with Crippen molar-refractivity contribution in [2.24, 2.45) is 11.3 Å². The Morgan fingerprint density at radius 2 is 2.00 bits per heavy atom. The van der Waals surface area contributed by atoms with E-state index in [9.17, 15) is 0 Å². The van der Waals surface area contributed by atoms with E-state index < -0.39 is 0 Å². The maximum absolute atomic E-state index is 5.89. The molecule has 0 radical (unpaired) electrons. The van der Waals surface area contributed by atoms with E-state index in [2.05, 4.69) is 17.1 Å². The van der Waals surface area contributed by atoms with Crippen molar-refractivity contribution in [3.63, 3.8) is 0 Å². The van der Waals surface area contributed by atoms with Crippen LogP contribution in [0.15, 0.2) is 0 Å². The molecule has 2 unspecified atom stereocenters. The van der Waals surface area contributed by atoms with Gasteiger partial charge in [-0.05, 0) is 57.5 Å². The lowest BCUT2D eigenvalue weighted by molar-refractivity contribution is -0.0311. The quantitative estimate of drug-likeness (QED) is 0.815. The SMILES string of the molecule is CCNCC1(CN2CCCC2C2CCCC2)CCCOC1. The standard InChI is InChI=1S/C18H34N2O/c1-2-19-13-18(10-6-12-21-15-18)14-20-11-5-9-17(20)16-7-3-4-8-16/h16-17,19H,2-15H2,1H3. The van der Waals surface area contributed by atoms with Gasteiger partial charge in [0.1, 0.15) is 0 Å². The maximum Gasteiger partial charge on any atom is 0.0546 e. The van der Waals surface area contributed by atoms with Crippen LogP contribution in [0.25, 0.3) is 0 Å². The van der Waals surface area contributed by atoms with E-state index >= 15 is 0 Å². The molecule has 2 atom stereocenters. The van der Waals surface area contributed by atoms with Crippen molar-refractivity contribution in [2.45, 2.75) is 64.3 Å². The van der Waals surface area contributed by atoms with E-state index in [1.165, 1.54) is 64.5 Å². The lowest BCUT2D eigenvalue weighted by atomic mass is 9.81. The highest BCUT2D eigenvalue weighted by Crippen LogP contribution is 2.38. The number of nitrogens with zero attached hydrogens (tertiary/aromatic N) is 1. The van der Waals surface area contributed by atoms with Crippen LogP contribution >= 0.6 is 0 Å². The Bertz CT molecular complexity index is 308. The highest BCUT2D eigenvalue weighted by Gasteiger charge is 2.40. The molecule has 1 saturated carbocycles. The molecule has 0 aromatic heterocycles. The van der Waals surface area contributed by atoms with Crippen LogP contribution < -0.4 is 5.32 Å². The van der Waals surface area contributed by atoms with Crippen LogP contribution in [0.3, 0.4) is 0 Å². The van der Waals surface area contributed by atoms with Gasteiger partial charge in [0.2, 0.25) is 0 Å². The van der Waals surface area contributed by atoms with E-state index in [0.717, 1.165) is 38.3 Å². The Hall–Kier alpha value is -0.120. The van der Waals surface area contributed by atoms with E-state index in [4.69, 9.17) is 4.74 Å². The monoisotopic (exact) mass is 294 g/mol. The summed E-state index contributed by atoms with van der Waals surface area (Å²) < 4.78 is 5.89. The Labute approximate surface area is 130 Å².